The molecule has 3 aliphatic rings. The summed E-state index contributed by atoms with van der Waals surface area (Å²) >= 11 is 0. The van der Waals surface area contributed by atoms with Crippen molar-refractivity contribution in [2.75, 3.05) is 13.2 Å². The van der Waals surface area contributed by atoms with Crippen LogP contribution in [0.1, 0.15) is 53.9 Å². The zero-order valence-electron chi connectivity index (χ0n) is 15.7. The first-order valence-electron chi connectivity index (χ1n) is 10.2. The van der Waals surface area contributed by atoms with Crippen molar-refractivity contribution < 1.29 is 4.74 Å². The number of fused-ring (bicyclic) bond motifs is 2. The molecule has 1 N–H and O–H groups in total. The van der Waals surface area contributed by atoms with Gasteiger partial charge in [-0.2, -0.15) is 10.2 Å². The van der Waals surface area contributed by atoms with Crippen LogP contribution in [0.15, 0.2) is 10.9 Å². The molecule has 5 rings (SSSR count). The number of nitrogens with zero attached hydrogens (tertiary/aromatic N) is 4. The second-order valence-electron chi connectivity index (χ2n) is 8.04. The highest BCUT2D eigenvalue weighted by atomic mass is 16.5. The van der Waals surface area contributed by atoms with E-state index in [4.69, 9.17) is 4.74 Å². The third-order valence-electron chi connectivity index (χ3n) is 6.28. The topological polar surface area (TPSA) is 76.0 Å². The second-order valence-corrected chi connectivity index (χ2v) is 8.04. The lowest BCUT2D eigenvalue weighted by Crippen LogP contribution is -2.38. The number of ether oxygens (including phenoxy) is 1. The summed E-state index contributed by atoms with van der Waals surface area (Å²) in [6.07, 6.45) is 7.88. The molecule has 1 saturated heterocycles. The maximum absolute atomic E-state index is 12.5. The van der Waals surface area contributed by atoms with Crippen molar-refractivity contribution >= 4 is 0 Å². The standard InChI is InChI=1S/C20H27N5O2/c26-20-10-14-13-27-9-7-17(14)23-25(20)11-15-4-3-8-24(15)12-19-16-5-1-2-6-18(16)21-22-19/h10,15H,1-9,11-13H2,(H,21,22). The predicted molar refractivity (Wildman–Crippen MR) is 101 cm³/mol. The minimum absolute atomic E-state index is 0.0109. The maximum atomic E-state index is 12.5. The van der Waals surface area contributed by atoms with E-state index in [1.807, 2.05) is 0 Å². The van der Waals surface area contributed by atoms with Crippen LogP contribution >= 0.6 is 0 Å². The highest BCUT2D eigenvalue weighted by molar-refractivity contribution is 5.27. The molecule has 1 atom stereocenters. The maximum Gasteiger partial charge on any atom is 0.267 e. The zero-order chi connectivity index (χ0) is 18.2. The number of aryl methyl sites for hydroxylation is 1. The Morgan fingerprint density at radius 2 is 2.15 bits per heavy atom. The van der Waals surface area contributed by atoms with Crippen LogP contribution < -0.4 is 5.56 Å². The quantitative estimate of drug-likeness (QED) is 0.886. The van der Waals surface area contributed by atoms with Crippen molar-refractivity contribution in [3.8, 4) is 0 Å². The number of aromatic nitrogens is 4. The first kappa shape index (κ1) is 17.1. The van der Waals surface area contributed by atoms with Gasteiger partial charge < -0.3 is 4.74 Å². The van der Waals surface area contributed by atoms with Crippen molar-refractivity contribution in [2.24, 2.45) is 0 Å². The van der Waals surface area contributed by atoms with Crippen molar-refractivity contribution in [1.82, 2.24) is 24.9 Å². The largest absolute Gasteiger partial charge is 0.376 e. The molecule has 2 aromatic rings. The highest BCUT2D eigenvalue weighted by Crippen LogP contribution is 2.26. The number of likely N-dealkylation sites (tertiary alicyclic amines) is 1. The number of aromatic amines is 1. The minimum Gasteiger partial charge on any atom is -0.376 e. The Kier molecular flexibility index (Phi) is 4.57. The smallest absolute Gasteiger partial charge is 0.267 e. The normalized spacial score (nSPS) is 22.6. The van der Waals surface area contributed by atoms with Crippen LogP contribution in [-0.4, -0.2) is 44.1 Å². The van der Waals surface area contributed by atoms with E-state index in [9.17, 15) is 4.79 Å². The molecule has 7 heteroatoms. The molecule has 0 saturated carbocycles. The van der Waals surface area contributed by atoms with Gasteiger partial charge in [0.15, 0.2) is 0 Å². The number of H-pyrrole nitrogens is 1. The Morgan fingerprint density at radius 1 is 1.22 bits per heavy atom. The highest BCUT2D eigenvalue weighted by Gasteiger charge is 2.28. The lowest BCUT2D eigenvalue weighted by molar-refractivity contribution is 0.107. The first-order chi connectivity index (χ1) is 13.3. The van der Waals surface area contributed by atoms with Crippen LogP contribution in [0.5, 0.6) is 0 Å². The average molecular weight is 369 g/mol. The van der Waals surface area contributed by atoms with Gasteiger partial charge >= 0.3 is 0 Å². The van der Waals surface area contributed by atoms with E-state index < -0.39 is 0 Å². The summed E-state index contributed by atoms with van der Waals surface area (Å²) in [6, 6.07) is 2.06. The summed E-state index contributed by atoms with van der Waals surface area (Å²) in [5.74, 6) is 0. The predicted octanol–water partition coefficient (Wildman–Crippen LogP) is 1.58. The monoisotopic (exact) mass is 369 g/mol. The molecule has 1 fully saturated rings. The Balaban J connectivity index is 1.33. The number of hydrogen-bond acceptors (Lipinski definition) is 5. The van der Waals surface area contributed by atoms with E-state index in [1.165, 1.54) is 36.2 Å². The Hall–Kier alpha value is -1.99. The van der Waals surface area contributed by atoms with Gasteiger partial charge in [-0.1, -0.05) is 0 Å². The third kappa shape index (κ3) is 3.34. The second kappa shape index (κ2) is 7.20. The summed E-state index contributed by atoms with van der Waals surface area (Å²) in [6.45, 7) is 3.82. The van der Waals surface area contributed by atoms with Crippen LogP contribution in [0.3, 0.4) is 0 Å². The molecule has 0 bridgehead atoms. The summed E-state index contributed by atoms with van der Waals surface area (Å²) in [4.78, 5) is 15.0. The summed E-state index contributed by atoms with van der Waals surface area (Å²) in [5.41, 5.74) is 5.95. The van der Waals surface area contributed by atoms with Crippen molar-refractivity contribution in [2.45, 2.75) is 70.7 Å². The molecule has 144 valence electrons. The third-order valence-corrected chi connectivity index (χ3v) is 6.28. The van der Waals surface area contributed by atoms with Gasteiger partial charge in [0, 0.05) is 36.3 Å². The summed E-state index contributed by atoms with van der Waals surface area (Å²) < 4.78 is 7.11. The van der Waals surface area contributed by atoms with Gasteiger partial charge in [-0.05, 0) is 50.6 Å². The molecule has 7 nitrogen and oxygen atoms in total. The molecule has 1 unspecified atom stereocenters. The SMILES string of the molecule is O=c1cc2c(nn1CC1CCCN1Cc1n[nH]c3c1CCCC3)CCOC2. The van der Waals surface area contributed by atoms with E-state index in [-0.39, 0.29) is 5.56 Å². The van der Waals surface area contributed by atoms with Gasteiger partial charge in [0.1, 0.15) is 0 Å². The molecule has 27 heavy (non-hydrogen) atoms. The lowest BCUT2D eigenvalue weighted by atomic mass is 9.96. The van der Waals surface area contributed by atoms with Gasteiger partial charge in [0.25, 0.3) is 5.56 Å². The van der Waals surface area contributed by atoms with E-state index in [0.717, 1.165) is 50.0 Å². The Labute approximate surface area is 158 Å². The molecular formula is C20H27N5O2. The van der Waals surface area contributed by atoms with Gasteiger partial charge in [0.05, 0.1) is 31.1 Å². The van der Waals surface area contributed by atoms with Gasteiger partial charge in [-0.25, -0.2) is 4.68 Å². The molecule has 2 aromatic heterocycles. The Bertz CT molecular complexity index is 887. The average Bonchev–Trinajstić information content (AvgIpc) is 3.30. The van der Waals surface area contributed by atoms with E-state index in [1.54, 1.807) is 10.7 Å². The van der Waals surface area contributed by atoms with Gasteiger partial charge in [-0.15, -0.1) is 0 Å². The summed E-state index contributed by atoms with van der Waals surface area (Å²) in [5, 5.41) is 12.5. The molecular weight excluding hydrogens is 342 g/mol. The van der Waals surface area contributed by atoms with Gasteiger partial charge in [-0.3, -0.25) is 14.8 Å². The van der Waals surface area contributed by atoms with Crippen LogP contribution in [0.2, 0.25) is 0 Å². The summed E-state index contributed by atoms with van der Waals surface area (Å²) in [7, 11) is 0. The number of rotatable bonds is 4. The molecule has 0 amide bonds. The fourth-order valence-corrected chi connectivity index (χ4v) is 4.77. The van der Waals surface area contributed by atoms with Crippen LogP contribution in [-0.2, 0) is 43.7 Å². The van der Waals surface area contributed by atoms with Crippen molar-refractivity contribution in [3.63, 3.8) is 0 Å². The van der Waals surface area contributed by atoms with E-state index in [2.05, 4.69) is 20.2 Å². The molecule has 0 aromatic carbocycles. The zero-order valence-corrected chi connectivity index (χ0v) is 15.7. The van der Waals surface area contributed by atoms with Crippen LogP contribution in [0.4, 0.5) is 0 Å². The molecule has 0 radical (unpaired) electrons. The van der Waals surface area contributed by atoms with Crippen LogP contribution in [0.25, 0.3) is 0 Å². The van der Waals surface area contributed by atoms with Gasteiger partial charge in [0.2, 0.25) is 0 Å². The van der Waals surface area contributed by atoms with E-state index >= 15 is 0 Å². The minimum atomic E-state index is -0.0109. The number of hydrogen-bond donors (Lipinski definition) is 1. The fraction of sp³-hybridized carbons (Fsp3) is 0.650. The first-order valence-corrected chi connectivity index (χ1v) is 10.2. The fourth-order valence-electron chi connectivity index (χ4n) is 4.77. The number of nitrogens with one attached hydrogen (secondary N) is 1. The molecule has 4 heterocycles. The van der Waals surface area contributed by atoms with Crippen molar-refractivity contribution in [1.29, 1.82) is 0 Å². The lowest BCUT2D eigenvalue weighted by Gasteiger charge is -2.25. The van der Waals surface area contributed by atoms with Crippen molar-refractivity contribution in [3.05, 3.63) is 44.6 Å². The molecule has 1 aliphatic carbocycles. The molecule has 2 aliphatic heterocycles. The van der Waals surface area contributed by atoms with Crippen LogP contribution in [0, 0.1) is 0 Å². The molecule has 0 spiro atoms. The Morgan fingerprint density at radius 3 is 3.11 bits per heavy atom. The van der Waals surface area contributed by atoms with E-state index in [0.29, 0.717) is 25.8 Å².